The summed E-state index contributed by atoms with van der Waals surface area (Å²) in [6.07, 6.45) is 4.95. The maximum Gasteiger partial charge on any atom is 0.160 e. The van der Waals surface area contributed by atoms with Gasteiger partial charge in [0.25, 0.3) is 0 Å². The van der Waals surface area contributed by atoms with Crippen LogP contribution in [0.2, 0.25) is 0 Å². The fraction of sp³-hybridized carbons (Fsp3) is 0.538. The van der Waals surface area contributed by atoms with Gasteiger partial charge in [0.15, 0.2) is 11.5 Å². The molecule has 168 valence electrons. The molecule has 0 bridgehead atoms. The highest BCUT2D eigenvalue weighted by molar-refractivity contribution is 5.41. The van der Waals surface area contributed by atoms with Crippen LogP contribution in [0.25, 0.3) is 0 Å². The van der Waals surface area contributed by atoms with E-state index < -0.39 is 0 Å². The molecule has 0 unspecified atom stereocenters. The number of aromatic hydroxyl groups is 1. The van der Waals surface area contributed by atoms with E-state index in [2.05, 4.69) is 34.1 Å². The van der Waals surface area contributed by atoms with Crippen LogP contribution in [0.1, 0.15) is 29.5 Å². The third-order valence-corrected chi connectivity index (χ3v) is 6.87. The molecular weight excluding hydrogens is 388 g/mol. The van der Waals surface area contributed by atoms with Gasteiger partial charge >= 0.3 is 0 Å². The second-order valence-corrected chi connectivity index (χ2v) is 9.07. The lowest BCUT2D eigenvalue weighted by atomic mass is 9.95. The summed E-state index contributed by atoms with van der Waals surface area (Å²) in [6, 6.07) is 15.3. The zero-order valence-electron chi connectivity index (χ0n) is 18.9. The summed E-state index contributed by atoms with van der Waals surface area (Å²) >= 11 is 0. The van der Waals surface area contributed by atoms with E-state index in [0.717, 1.165) is 31.8 Å². The third kappa shape index (κ3) is 5.59. The van der Waals surface area contributed by atoms with Gasteiger partial charge in [0, 0.05) is 39.3 Å². The molecule has 1 saturated heterocycles. The molecule has 0 aromatic heterocycles. The predicted molar refractivity (Wildman–Crippen MR) is 124 cm³/mol. The number of hydrogen-bond acceptors (Lipinski definition) is 5. The molecule has 5 nitrogen and oxygen atoms in total. The molecule has 1 aliphatic carbocycles. The molecule has 2 aromatic carbocycles. The van der Waals surface area contributed by atoms with Crippen molar-refractivity contribution in [1.29, 1.82) is 0 Å². The van der Waals surface area contributed by atoms with Crippen LogP contribution in [-0.4, -0.2) is 68.0 Å². The Labute approximate surface area is 186 Å². The highest BCUT2D eigenvalue weighted by Gasteiger charge is 2.31. The fourth-order valence-corrected chi connectivity index (χ4v) is 5.28. The number of nitrogens with zero attached hydrogens (tertiary/aromatic N) is 2. The van der Waals surface area contributed by atoms with Gasteiger partial charge in [-0.2, -0.15) is 0 Å². The van der Waals surface area contributed by atoms with Crippen LogP contribution in [-0.2, 0) is 24.1 Å². The Hall–Kier alpha value is -2.08. The number of phenols is 1. The van der Waals surface area contributed by atoms with Crippen molar-refractivity contribution in [3.8, 4) is 11.5 Å². The van der Waals surface area contributed by atoms with Crippen LogP contribution in [0.15, 0.2) is 42.5 Å². The van der Waals surface area contributed by atoms with Crippen molar-refractivity contribution in [3.63, 3.8) is 0 Å². The van der Waals surface area contributed by atoms with Gasteiger partial charge in [-0.05, 0) is 67.0 Å². The molecule has 2 aromatic rings. The van der Waals surface area contributed by atoms with E-state index >= 15 is 0 Å². The normalized spacial score (nSPS) is 19.6. The zero-order chi connectivity index (χ0) is 21.6. The average molecular weight is 425 g/mol. The van der Waals surface area contributed by atoms with Crippen LogP contribution >= 0.6 is 0 Å². The number of rotatable bonds is 9. The van der Waals surface area contributed by atoms with Gasteiger partial charge in [0.2, 0.25) is 0 Å². The van der Waals surface area contributed by atoms with Crippen molar-refractivity contribution < 1.29 is 14.6 Å². The van der Waals surface area contributed by atoms with E-state index in [1.165, 1.54) is 49.9 Å². The quantitative estimate of drug-likeness (QED) is 0.665. The van der Waals surface area contributed by atoms with Crippen molar-refractivity contribution in [2.75, 3.05) is 47.0 Å². The lowest BCUT2D eigenvalue weighted by Crippen LogP contribution is -2.46. The minimum Gasteiger partial charge on any atom is -0.504 e. The highest BCUT2D eigenvalue weighted by Crippen LogP contribution is 2.30. The molecule has 1 atom stereocenters. The molecule has 0 radical (unpaired) electrons. The Kier molecular flexibility index (Phi) is 7.49. The van der Waals surface area contributed by atoms with Gasteiger partial charge in [-0.1, -0.05) is 30.3 Å². The molecule has 0 spiro atoms. The van der Waals surface area contributed by atoms with E-state index in [1.807, 2.05) is 18.2 Å². The smallest absolute Gasteiger partial charge is 0.160 e. The maximum absolute atomic E-state index is 10.2. The van der Waals surface area contributed by atoms with E-state index in [-0.39, 0.29) is 5.75 Å². The Morgan fingerprint density at radius 1 is 1.10 bits per heavy atom. The van der Waals surface area contributed by atoms with Crippen molar-refractivity contribution in [2.45, 2.75) is 38.3 Å². The molecule has 1 aliphatic heterocycles. The number of likely N-dealkylation sites (tertiary alicyclic amines) is 1. The predicted octanol–water partition coefficient (Wildman–Crippen LogP) is 3.73. The Bertz CT molecular complexity index is 831. The maximum atomic E-state index is 10.2. The number of hydrogen-bond donors (Lipinski definition) is 1. The van der Waals surface area contributed by atoms with E-state index in [1.54, 1.807) is 14.2 Å². The molecule has 1 N–H and O–H groups in total. The molecule has 1 fully saturated rings. The standard InChI is InChI=1S/C26H36N2O3/c1-30-13-12-27(17-20-9-10-26(31-2)25(29)14-20)18-21-6-5-11-28(19-21)24-15-22-7-3-4-8-23(22)16-24/h3-4,7-10,14,21,24,29H,5-6,11-13,15-19H2,1-2H3/t21-/m0/s1. The summed E-state index contributed by atoms with van der Waals surface area (Å²) in [4.78, 5) is 5.21. The molecule has 2 aliphatic rings. The third-order valence-electron chi connectivity index (χ3n) is 6.87. The summed E-state index contributed by atoms with van der Waals surface area (Å²) < 4.78 is 10.6. The summed E-state index contributed by atoms with van der Waals surface area (Å²) in [5.41, 5.74) is 4.18. The van der Waals surface area contributed by atoms with Crippen LogP contribution in [0, 0.1) is 5.92 Å². The SMILES string of the molecule is COCCN(Cc1ccc(OC)c(O)c1)C[C@@H]1CCCN(C2Cc3ccccc3C2)C1. The number of benzene rings is 2. The van der Waals surface area contributed by atoms with Crippen LogP contribution in [0.3, 0.4) is 0 Å². The monoisotopic (exact) mass is 424 g/mol. The number of phenolic OH excluding ortho intramolecular Hbond substituents is 1. The second kappa shape index (κ2) is 10.5. The average Bonchev–Trinajstić information content (AvgIpc) is 3.22. The van der Waals surface area contributed by atoms with Gasteiger partial charge in [-0.25, -0.2) is 0 Å². The molecule has 0 amide bonds. The fourth-order valence-electron chi connectivity index (χ4n) is 5.28. The van der Waals surface area contributed by atoms with E-state index in [0.29, 0.717) is 17.7 Å². The molecule has 5 heteroatoms. The lowest BCUT2D eigenvalue weighted by Gasteiger charge is -2.38. The van der Waals surface area contributed by atoms with Gasteiger partial charge in [-0.3, -0.25) is 9.80 Å². The summed E-state index contributed by atoms with van der Waals surface area (Å²) in [5, 5.41) is 10.2. The Morgan fingerprint density at radius 3 is 2.55 bits per heavy atom. The largest absolute Gasteiger partial charge is 0.504 e. The van der Waals surface area contributed by atoms with Crippen molar-refractivity contribution in [2.24, 2.45) is 5.92 Å². The first-order chi connectivity index (χ1) is 15.2. The van der Waals surface area contributed by atoms with Gasteiger partial charge < -0.3 is 14.6 Å². The first kappa shape index (κ1) is 22.1. The molecule has 4 rings (SSSR count). The highest BCUT2D eigenvalue weighted by atomic mass is 16.5. The van der Waals surface area contributed by atoms with Crippen molar-refractivity contribution in [3.05, 3.63) is 59.2 Å². The number of methoxy groups -OCH3 is 2. The minimum absolute atomic E-state index is 0.205. The summed E-state index contributed by atoms with van der Waals surface area (Å²) in [7, 11) is 3.34. The van der Waals surface area contributed by atoms with Crippen LogP contribution in [0.5, 0.6) is 11.5 Å². The van der Waals surface area contributed by atoms with Gasteiger partial charge in [-0.15, -0.1) is 0 Å². The number of ether oxygens (including phenoxy) is 2. The molecule has 0 saturated carbocycles. The second-order valence-electron chi connectivity index (χ2n) is 9.07. The van der Waals surface area contributed by atoms with Gasteiger partial charge in [0.05, 0.1) is 13.7 Å². The lowest BCUT2D eigenvalue weighted by molar-refractivity contribution is 0.0843. The molecular formula is C26H36N2O3. The number of piperidine rings is 1. The zero-order valence-corrected chi connectivity index (χ0v) is 18.9. The Morgan fingerprint density at radius 2 is 1.87 bits per heavy atom. The molecule has 1 heterocycles. The number of fused-ring (bicyclic) bond motifs is 1. The summed E-state index contributed by atoms with van der Waals surface area (Å²) in [6.45, 7) is 5.89. The summed E-state index contributed by atoms with van der Waals surface area (Å²) in [5.74, 6) is 1.39. The first-order valence-corrected chi connectivity index (χ1v) is 11.5. The van der Waals surface area contributed by atoms with E-state index in [9.17, 15) is 5.11 Å². The van der Waals surface area contributed by atoms with E-state index in [4.69, 9.17) is 9.47 Å². The van der Waals surface area contributed by atoms with Crippen molar-refractivity contribution >= 4 is 0 Å². The van der Waals surface area contributed by atoms with Gasteiger partial charge in [0.1, 0.15) is 0 Å². The van der Waals surface area contributed by atoms with Crippen LogP contribution < -0.4 is 4.74 Å². The first-order valence-electron chi connectivity index (χ1n) is 11.5. The van der Waals surface area contributed by atoms with Crippen molar-refractivity contribution in [1.82, 2.24) is 9.80 Å². The topological polar surface area (TPSA) is 45.2 Å². The van der Waals surface area contributed by atoms with Crippen LogP contribution in [0.4, 0.5) is 0 Å². The Balaban J connectivity index is 1.37. The minimum atomic E-state index is 0.205. The molecule has 31 heavy (non-hydrogen) atoms.